The second-order valence-electron chi connectivity index (χ2n) is 5.65. The van der Waals surface area contributed by atoms with Crippen LogP contribution in [0.1, 0.15) is 12.5 Å². The molecule has 0 bridgehead atoms. The van der Waals surface area contributed by atoms with Crippen molar-refractivity contribution in [2.45, 2.75) is 11.8 Å². The maximum Gasteiger partial charge on any atom is 0.248 e. The first-order valence-corrected chi connectivity index (χ1v) is 9.85. The van der Waals surface area contributed by atoms with Crippen molar-refractivity contribution < 1.29 is 22.7 Å². The highest BCUT2D eigenvalue weighted by atomic mass is 32.2. The lowest BCUT2D eigenvalue weighted by atomic mass is 10.2. The van der Waals surface area contributed by atoms with E-state index < -0.39 is 9.84 Å². The van der Waals surface area contributed by atoms with Crippen LogP contribution in [0.15, 0.2) is 53.4 Å². The first-order chi connectivity index (χ1) is 12.5. The summed E-state index contributed by atoms with van der Waals surface area (Å²) in [6.45, 7) is 2.63. The van der Waals surface area contributed by atoms with Crippen LogP contribution in [0.5, 0.6) is 11.5 Å². The van der Waals surface area contributed by atoms with Crippen LogP contribution in [0.4, 0.5) is 5.69 Å². The van der Waals surface area contributed by atoms with E-state index in [4.69, 9.17) is 9.47 Å². The van der Waals surface area contributed by atoms with E-state index in [1.165, 1.54) is 18.2 Å². The smallest absolute Gasteiger partial charge is 0.248 e. The Kier molecular flexibility index (Phi) is 5.27. The Balaban J connectivity index is 1.64. The van der Waals surface area contributed by atoms with Gasteiger partial charge < -0.3 is 14.8 Å². The fourth-order valence-electron chi connectivity index (χ4n) is 2.43. The second-order valence-corrected chi connectivity index (χ2v) is 7.93. The summed E-state index contributed by atoms with van der Waals surface area (Å²) in [5.41, 5.74) is 1.34. The number of hydrogen-bond acceptors (Lipinski definition) is 5. The van der Waals surface area contributed by atoms with Crippen molar-refractivity contribution in [2.24, 2.45) is 0 Å². The SMILES string of the molecule is CCS(=O)(=O)c1ccc(NC(=O)C=Cc2ccc3c(c2)OCCO3)cc1. The molecule has 0 aromatic heterocycles. The number of amides is 1. The van der Waals surface area contributed by atoms with Gasteiger partial charge in [-0.2, -0.15) is 0 Å². The predicted octanol–water partition coefficient (Wildman–Crippen LogP) is 2.90. The number of carbonyl (C=O) groups is 1. The lowest BCUT2D eigenvalue weighted by Gasteiger charge is -2.18. The fourth-order valence-corrected chi connectivity index (χ4v) is 3.32. The standard InChI is InChI=1S/C19H19NO5S/c1-2-26(22,23)16-7-5-15(6-8-16)20-19(21)10-4-14-3-9-17-18(13-14)25-12-11-24-17/h3-10,13H,2,11-12H2,1H3,(H,20,21). The van der Waals surface area contributed by atoms with Crippen molar-refractivity contribution in [3.63, 3.8) is 0 Å². The molecule has 3 rings (SSSR count). The van der Waals surface area contributed by atoms with Crippen molar-refractivity contribution in [3.05, 3.63) is 54.1 Å². The van der Waals surface area contributed by atoms with Crippen LogP contribution in [-0.4, -0.2) is 33.3 Å². The molecular formula is C19H19NO5S. The van der Waals surface area contributed by atoms with Crippen molar-refractivity contribution in [1.82, 2.24) is 0 Å². The van der Waals surface area contributed by atoms with E-state index in [1.807, 2.05) is 12.1 Å². The van der Waals surface area contributed by atoms with Gasteiger partial charge in [0.25, 0.3) is 0 Å². The van der Waals surface area contributed by atoms with E-state index in [1.54, 1.807) is 31.2 Å². The minimum absolute atomic E-state index is 0.0387. The summed E-state index contributed by atoms with van der Waals surface area (Å²) >= 11 is 0. The van der Waals surface area contributed by atoms with Gasteiger partial charge in [0.05, 0.1) is 10.6 Å². The highest BCUT2D eigenvalue weighted by Crippen LogP contribution is 2.31. The van der Waals surface area contributed by atoms with E-state index in [9.17, 15) is 13.2 Å². The van der Waals surface area contributed by atoms with E-state index in [-0.39, 0.29) is 16.6 Å². The van der Waals surface area contributed by atoms with Gasteiger partial charge in [-0.05, 0) is 48.0 Å². The molecular weight excluding hydrogens is 354 g/mol. The molecule has 0 atom stereocenters. The molecule has 1 N–H and O–H groups in total. The maximum absolute atomic E-state index is 12.0. The number of hydrogen-bond donors (Lipinski definition) is 1. The largest absolute Gasteiger partial charge is 0.486 e. The lowest BCUT2D eigenvalue weighted by Crippen LogP contribution is -2.15. The summed E-state index contributed by atoms with van der Waals surface area (Å²) < 4.78 is 34.5. The first kappa shape index (κ1) is 18.0. The molecule has 0 radical (unpaired) electrons. The number of anilines is 1. The van der Waals surface area contributed by atoms with Crippen molar-refractivity contribution in [2.75, 3.05) is 24.3 Å². The van der Waals surface area contributed by atoms with Crippen molar-refractivity contribution in [1.29, 1.82) is 0 Å². The molecule has 26 heavy (non-hydrogen) atoms. The molecule has 0 saturated heterocycles. The zero-order valence-electron chi connectivity index (χ0n) is 14.3. The van der Waals surface area contributed by atoms with E-state index in [2.05, 4.69) is 5.32 Å². The van der Waals surface area contributed by atoms with E-state index >= 15 is 0 Å². The Bertz CT molecular complexity index is 933. The molecule has 0 unspecified atom stereocenters. The highest BCUT2D eigenvalue weighted by molar-refractivity contribution is 7.91. The van der Waals surface area contributed by atoms with Crippen molar-refractivity contribution >= 4 is 27.5 Å². The quantitative estimate of drug-likeness (QED) is 0.815. The van der Waals surface area contributed by atoms with Gasteiger partial charge in [-0.15, -0.1) is 0 Å². The van der Waals surface area contributed by atoms with Gasteiger partial charge in [-0.3, -0.25) is 4.79 Å². The molecule has 2 aromatic carbocycles. The Hall–Kier alpha value is -2.80. The Morgan fingerprint density at radius 2 is 1.77 bits per heavy atom. The number of nitrogens with one attached hydrogen (secondary N) is 1. The van der Waals surface area contributed by atoms with Crippen LogP contribution in [0.25, 0.3) is 6.08 Å². The Labute approximate surface area is 152 Å². The molecule has 0 spiro atoms. The third-order valence-corrected chi connectivity index (χ3v) is 5.60. The molecule has 0 fully saturated rings. The third-order valence-electron chi connectivity index (χ3n) is 3.85. The summed E-state index contributed by atoms with van der Waals surface area (Å²) in [7, 11) is -3.25. The third kappa shape index (κ3) is 4.23. The van der Waals surface area contributed by atoms with Crippen LogP contribution in [0.3, 0.4) is 0 Å². The number of ether oxygens (including phenoxy) is 2. The van der Waals surface area contributed by atoms with Gasteiger partial charge in [0.2, 0.25) is 5.91 Å². The summed E-state index contributed by atoms with van der Waals surface area (Å²) in [5.74, 6) is 1.08. The van der Waals surface area contributed by atoms with Gasteiger partial charge in [0.15, 0.2) is 21.3 Å². The first-order valence-electron chi connectivity index (χ1n) is 8.19. The number of sulfone groups is 1. The molecule has 1 aliphatic rings. The Morgan fingerprint density at radius 3 is 2.46 bits per heavy atom. The van der Waals surface area contributed by atoms with Gasteiger partial charge in [-0.1, -0.05) is 13.0 Å². The molecule has 1 amide bonds. The van der Waals surface area contributed by atoms with Gasteiger partial charge in [-0.25, -0.2) is 8.42 Å². The second kappa shape index (κ2) is 7.61. The minimum atomic E-state index is -3.25. The maximum atomic E-state index is 12.0. The molecule has 1 heterocycles. The van der Waals surface area contributed by atoms with Gasteiger partial charge in [0, 0.05) is 11.8 Å². The molecule has 1 aliphatic heterocycles. The van der Waals surface area contributed by atoms with Crippen LogP contribution >= 0.6 is 0 Å². The lowest BCUT2D eigenvalue weighted by molar-refractivity contribution is -0.111. The number of carbonyl (C=O) groups excluding carboxylic acids is 1. The van der Waals surface area contributed by atoms with Gasteiger partial charge in [0.1, 0.15) is 13.2 Å². The number of benzene rings is 2. The summed E-state index contributed by atoms with van der Waals surface area (Å²) in [6.07, 6.45) is 3.07. The molecule has 7 heteroatoms. The van der Waals surface area contributed by atoms with Crippen LogP contribution < -0.4 is 14.8 Å². The summed E-state index contributed by atoms with van der Waals surface area (Å²) in [5, 5.41) is 2.69. The average molecular weight is 373 g/mol. The zero-order valence-corrected chi connectivity index (χ0v) is 15.1. The number of rotatable bonds is 5. The van der Waals surface area contributed by atoms with Crippen LogP contribution in [0.2, 0.25) is 0 Å². The number of fused-ring (bicyclic) bond motifs is 1. The molecule has 0 saturated carbocycles. The molecule has 136 valence electrons. The predicted molar refractivity (Wildman–Crippen MR) is 99.3 cm³/mol. The Morgan fingerprint density at radius 1 is 1.08 bits per heavy atom. The monoisotopic (exact) mass is 373 g/mol. The van der Waals surface area contributed by atoms with Crippen LogP contribution in [0, 0.1) is 0 Å². The fraction of sp³-hybridized carbons (Fsp3) is 0.211. The topological polar surface area (TPSA) is 81.7 Å². The van der Waals surface area contributed by atoms with E-state index in [0.29, 0.717) is 30.4 Å². The van der Waals surface area contributed by atoms with E-state index in [0.717, 1.165) is 5.56 Å². The summed E-state index contributed by atoms with van der Waals surface area (Å²) in [4.78, 5) is 12.3. The molecule has 6 nitrogen and oxygen atoms in total. The van der Waals surface area contributed by atoms with Gasteiger partial charge >= 0.3 is 0 Å². The van der Waals surface area contributed by atoms with Crippen molar-refractivity contribution in [3.8, 4) is 11.5 Å². The molecule has 0 aliphatic carbocycles. The molecule has 2 aromatic rings. The minimum Gasteiger partial charge on any atom is -0.486 e. The summed E-state index contributed by atoms with van der Waals surface area (Å²) in [6, 6.07) is 11.6. The zero-order chi connectivity index (χ0) is 18.6. The normalized spacial score (nSPS) is 13.6. The van der Waals surface area contributed by atoms with Crippen LogP contribution in [-0.2, 0) is 14.6 Å². The average Bonchev–Trinajstić information content (AvgIpc) is 2.66. The highest BCUT2D eigenvalue weighted by Gasteiger charge is 2.12.